The highest BCUT2D eigenvalue weighted by molar-refractivity contribution is 5.84. The molecule has 0 N–H and O–H groups in total. The van der Waals surface area contributed by atoms with Crippen LogP contribution in [0.15, 0.2) is 109 Å². The molecule has 5 aromatic carbocycles. The third-order valence-electron chi connectivity index (χ3n) is 11.3. The number of rotatable bonds is 0. The van der Waals surface area contributed by atoms with Gasteiger partial charge in [-0.25, -0.2) is 0 Å². The summed E-state index contributed by atoms with van der Waals surface area (Å²) in [5.41, 5.74) is 13.3. The normalized spacial score (nSPS) is 13.0. The second kappa shape index (κ2) is 19.2. The number of fused-ring (bicyclic) bond motifs is 1. The van der Waals surface area contributed by atoms with Crippen molar-refractivity contribution in [2.45, 2.75) is 209 Å². The second-order valence-corrected chi connectivity index (χ2v) is 25.5. The minimum Gasteiger partial charge on any atom is -0.0620 e. The molecule has 330 valence electrons. The molecule has 0 saturated heterocycles. The highest BCUT2D eigenvalue weighted by atomic mass is 14.3. The molecule has 0 heterocycles. The molecule has 0 aliphatic rings. The minimum atomic E-state index is 0.214. The first-order chi connectivity index (χ1) is 26.8. The van der Waals surface area contributed by atoms with Crippen molar-refractivity contribution in [3.63, 3.8) is 0 Å². The average Bonchev–Trinajstić information content (AvgIpc) is 3.09. The van der Waals surface area contributed by atoms with Crippen molar-refractivity contribution in [3.05, 3.63) is 154 Å². The Kier molecular flexibility index (Phi) is 16.8. The summed E-state index contributed by atoms with van der Waals surface area (Å²) < 4.78 is 0. The van der Waals surface area contributed by atoms with Gasteiger partial charge in [0, 0.05) is 0 Å². The van der Waals surface area contributed by atoms with Crippen molar-refractivity contribution >= 4 is 10.8 Å². The second-order valence-electron chi connectivity index (χ2n) is 25.5. The van der Waals surface area contributed by atoms with Gasteiger partial charge in [0.1, 0.15) is 0 Å². The Labute approximate surface area is 372 Å². The maximum atomic E-state index is 2.34. The van der Waals surface area contributed by atoms with Crippen molar-refractivity contribution < 1.29 is 0 Å². The van der Waals surface area contributed by atoms with E-state index in [-0.39, 0.29) is 43.3 Å². The molecule has 0 saturated carbocycles. The quantitative estimate of drug-likeness (QED) is 0.146. The standard InChI is InChI=1S/C18H24.3C14H22/c1-17(2,3)15-9-7-13-8-10-16(18(4,5)6)12-14(13)11-15;1-13(2,3)11-7-9-12(10-8-11)14(4,5)6;1-13(2,3)11-8-7-9-12(10-11)14(4,5)6;1-13(2,3)11-9-7-8-10-12(11)14(4,5)6/h7-12H,1-6H3;3*7-10H,1-6H3. The van der Waals surface area contributed by atoms with Crippen LogP contribution in [0.3, 0.4) is 0 Å². The van der Waals surface area contributed by atoms with Crippen LogP contribution >= 0.6 is 0 Å². The Hall–Kier alpha value is -3.64. The molecule has 0 spiro atoms. The van der Waals surface area contributed by atoms with Gasteiger partial charge in [0.2, 0.25) is 0 Å². The van der Waals surface area contributed by atoms with Crippen LogP contribution in [0.5, 0.6) is 0 Å². The minimum absolute atomic E-state index is 0.214. The maximum absolute atomic E-state index is 2.34. The number of hydrogen-bond donors (Lipinski definition) is 0. The van der Waals surface area contributed by atoms with Crippen LogP contribution in [-0.2, 0) is 43.3 Å². The summed E-state index contributed by atoms with van der Waals surface area (Å²) in [4.78, 5) is 0. The molecule has 0 unspecified atom stereocenters. The highest BCUT2D eigenvalue weighted by Crippen LogP contribution is 2.34. The predicted octanol–water partition coefficient (Wildman–Crippen LogP) is 18.3. The molecule has 0 nitrogen and oxygen atoms in total. The predicted molar refractivity (Wildman–Crippen MR) is 273 cm³/mol. The van der Waals surface area contributed by atoms with Gasteiger partial charge in [-0.05, 0) is 98.6 Å². The lowest BCUT2D eigenvalue weighted by atomic mass is 9.75. The van der Waals surface area contributed by atoms with E-state index in [4.69, 9.17) is 0 Å². The Bertz CT molecular complexity index is 1930. The van der Waals surface area contributed by atoms with E-state index in [1.54, 1.807) is 0 Å². The van der Waals surface area contributed by atoms with Crippen LogP contribution in [0.4, 0.5) is 0 Å². The van der Waals surface area contributed by atoms with Crippen molar-refractivity contribution in [1.29, 1.82) is 0 Å². The lowest BCUT2D eigenvalue weighted by Gasteiger charge is -2.29. The Balaban J connectivity index is 0.000000278. The molecular formula is C60H90. The monoisotopic (exact) mass is 811 g/mol. The molecule has 0 fully saturated rings. The third kappa shape index (κ3) is 16.3. The molecule has 0 radical (unpaired) electrons. The SMILES string of the molecule is CC(C)(C)c1ccc(C(C)(C)C)cc1.CC(C)(C)c1ccc2ccc(C(C)(C)C)cc2c1.CC(C)(C)c1cccc(C(C)(C)C)c1.CC(C)(C)c1ccccc1C(C)(C)C. The van der Waals surface area contributed by atoms with E-state index in [2.05, 4.69) is 275 Å². The van der Waals surface area contributed by atoms with Gasteiger partial charge in [-0.3, -0.25) is 0 Å². The fraction of sp³-hybridized carbons (Fsp3) is 0.533. The van der Waals surface area contributed by atoms with Crippen LogP contribution in [-0.4, -0.2) is 0 Å². The smallest absolute Gasteiger partial charge is 0.0129 e. The van der Waals surface area contributed by atoms with E-state index in [1.807, 2.05) is 0 Å². The van der Waals surface area contributed by atoms with Crippen LogP contribution < -0.4 is 0 Å². The molecule has 0 aromatic heterocycles. The average molecular weight is 811 g/mol. The summed E-state index contributed by atoms with van der Waals surface area (Å²) in [5.74, 6) is 0. The molecule has 5 rings (SSSR count). The first kappa shape index (κ1) is 52.5. The van der Waals surface area contributed by atoms with E-state index in [0.29, 0.717) is 0 Å². The summed E-state index contributed by atoms with van der Waals surface area (Å²) in [5, 5.41) is 2.69. The summed E-state index contributed by atoms with van der Waals surface area (Å²) in [6.45, 7) is 54.3. The topological polar surface area (TPSA) is 0 Å². The van der Waals surface area contributed by atoms with E-state index < -0.39 is 0 Å². The van der Waals surface area contributed by atoms with Crippen LogP contribution in [0.25, 0.3) is 10.8 Å². The zero-order valence-electron chi connectivity index (χ0n) is 43.4. The molecule has 5 aromatic rings. The van der Waals surface area contributed by atoms with Crippen molar-refractivity contribution in [1.82, 2.24) is 0 Å². The van der Waals surface area contributed by atoms with Gasteiger partial charge in [0.05, 0.1) is 0 Å². The summed E-state index contributed by atoms with van der Waals surface area (Å²) >= 11 is 0. The van der Waals surface area contributed by atoms with Gasteiger partial charge in [-0.15, -0.1) is 0 Å². The highest BCUT2D eigenvalue weighted by Gasteiger charge is 2.24. The zero-order chi connectivity index (χ0) is 46.5. The largest absolute Gasteiger partial charge is 0.0620 e. The fourth-order valence-electron chi connectivity index (χ4n) is 6.89. The maximum Gasteiger partial charge on any atom is -0.0129 e. The summed E-state index contributed by atoms with van der Waals surface area (Å²) in [6.07, 6.45) is 0. The number of hydrogen-bond acceptors (Lipinski definition) is 0. The summed E-state index contributed by atoms with van der Waals surface area (Å²) in [6, 6.07) is 40.4. The van der Waals surface area contributed by atoms with E-state index in [9.17, 15) is 0 Å². The van der Waals surface area contributed by atoms with E-state index in [1.165, 1.54) is 55.3 Å². The van der Waals surface area contributed by atoms with Gasteiger partial charge in [-0.2, -0.15) is 0 Å². The lowest BCUT2D eigenvalue weighted by Crippen LogP contribution is -2.21. The molecular weight excluding hydrogens is 721 g/mol. The van der Waals surface area contributed by atoms with Crippen LogP contribution in [0, 0.1) is 0 Å². The summed E-state index contributed by atoms with van der Waals surface area (Å²) in [7, 11) is 0. The van der Waals surface area contributed by atoms with Gasteiger partial charge in [-0.1, -0.05) is 275 Å². The number of benzene rings is 5. The van der Waals surface area contributed by atoms with Crippen molar-refractivity contribution in [2.75, 3.05) is 0 Å². The first-order valence-electron chi connectivity index (χ1n) is 22.7. The van der Waals surface area contributed by atoms with Crippen LogP contribution in [0.2, 0.25) is 0 Å². The van der Waals surface area contributed by atoms with Gasteiger partial charge in [0.25, 0.3) is 0 Å². The Morgan fingerprint density at radius 3 is 0.700 bits per heavy atom. The van der Waals surface area contributed by atoms with Gasteiger partial charge >= 0.3 is 0 Å². The van der Waals surface area contributed by atoms with E-state index in [0.717, 1.165) is 0 Å². The molecule has 0 aliphatic carbocycles. The zero-order valence-corrected chi connectivity index (χ0v) is 43.4. The molecule has 0 atom stereocenters. The van der Waals surface area contributed by atoms with Gasteiger partial charge in [0.15, 0.2) is 0 Å². The van der Waals surface area contributed by atoms with Crippen molar-refractivity contribution in [3.8, 4) is 0 Å². The van der Waals surface area contributed by atoms with E-state index >= 15 is 0 Å². The van der Waals surface area contributed by atoms with Gasteiger partial charge < -0.3 is 0 Å². The first-order valence-corrected chi connectivity index (χ1v) is 22.7. The van der Waals surface area contributed by atoms with Crippen LogP contribution in [0.1, 0.15) is 211 Å². The molecule has 0 aliphatic heterocycles. The lowest BCUT2D eigenvalue weighted by molar-refractivity contribution is 0.530. The Morgan fingerprint density at radius 2 is 0.450 bits per heavy atom. The van der Waals surface area contributed by atoms with Crippen molar-refractivity contribution in [2.24, 2.45) is 0 Å². The molecule has 60 heavy (non-hydrogen) atoms. The molecule has 0 amide bonds. The molecule has 0 heteroatoms. The third-order valence-corrected chi connectivity index (χ3v) is 11.3. The molecule has 0 bridgehead atoms. The Morgan fingerprint density at radius 1 is 0.200 bits per heavy atom. The fourth-order valence-corrected chi connectivity index (χ4v) is 6.89.